The molecule has 2 saturated carbocycles. The normalized spacial score (nSPS) is 31.7. The molecule has 1 amide bonds. The molecule has 2 heterocycles. The molecule has 23 heavy (non-hydrogen) atoms. The van der Waals surface area contributed by atoms with Gasteiger partial charge in [-0.25, -0.2) is 4.39 Å². The molecule has 0 spiro atoms. The monoisotopic (exact) mass is 320 g/mol. The molecule has 1 saturated heterocycles. The van der Waals surface area contributed by atoms with Crippen molar-refractivity contribution in [3.63, 3.8) is 0 Å². The first-order valence-electron chi connectivity index (χ1n) is 8.29. The van der Waals surface area contributed by atoms with Crippen molar-refractivity contribution in [3.8, 4) is 0 Å². The molecule has 0 aromatic carbocycles. The van der Waals surface area contributed by atoms with Crippen molar-refractivity contribution in [2.45, 2.75) is 56.2 Å². The Morgan fingerprint density at radius 2 is 2.35 bits per heavy atom. The quantitative estimate of drug-likeness (QED) is 0.850. The van der Waals surface area contributed by atoms with Crippen LogP contribution in [0.2, 0.25) is 0 Å². The molecule has 3 fully saturated rings. The number of aromatic nitrogens is 1. The number of carbonyl (C=O) groups excluding carboxylic acids is 1. The first kappa shape index (κ1) is 15.0. The Morgan fingerprint density at radius 3 is 3.09 bits per heavy atom. The zero-order chi connectivity index (χ0) is 15.9. The third kappa shape index (κ3) is 2.85. The summed E-state index contributed by atoms with van der Waals surface area (Å²) >= 11 is 0. The van der Waals surface area contributed by atoms with Crippen LogP contribution in [-0.2, 0) is 20.9 Å². The van der Waals surface area contributed by atoms with Gasteiger partial charge in [-0.2, -0.15) is 0 Å². The summed E-state index contributed by atoms with van der Waals surface area (Å²) in [5.74, 6) is -0.372. The lowest BCUT2D eigenvalue weighted by Crippen LogP contribution is -2.49. The van der Waals surface area contributed by atoms with Gasteiger partial charge < -0.3 is 14.4 Å². The minimum absolute atomic E-state index is 0.00997. The maximum absolute atomic E-state index is 14.2. The third-order valence-corrected chi connectivity index (χ3v) is 5.06. The molecule has 124 valence electrons. The molecule has 3 atom stereocenters. The largest absolute Gasteiger partial charge is 0.374 e. The predicted octanol–water partition coefficient (Wildman–Crippen LogP) is 1.86. The molecule has 1 aromatic rings. The van der Waals surface area contributed by atoms with Crippen LogP contribution in [0, 0.1) is 0 Å². The maximum Gasteiger partial charge on any atom is 0.260 e. The van der Waals surface area contributed by atoms with Crippen LogP contribution < -0.4 is 0 Å². The lowest BCUT2D eigenvalue weighted by Gasteiger charge is -2.32. The second-order valence-electron chi connectivity index (χ2n) is 6.65. The molecule has 5 nitrogen and oxygen atoms in total. The topological polar surface area (TPSA) is 51.7 Å². The van der Waals surface area contributed by atoms with Gasteiger partial charge in [-0.15, -0.1) is 0 Å². The van der Waals surface area contributed by atoms with Crippen molar-refractivity contribution in [2.75, 3.05) is 13.2 Å². The fourth-order valence-electron chi connectivity index (χ4n) is 3.62. The number of pyridine rings is 1. The molecule has 0 radical (unpaired) electrons. The van der Waals surface area contributed by atoms with Gasteiger partial charge >= 0.3 is 0 Å². The van der Waals surface area contributed by atoms with Crippen LogP contribution >= 0.6 is 0 Å². The fourth-order valence-corrected chi connectivity index (χ4v) is 3.62. The number of nitrogens with zero attached hydrogens (tertiary/aromatic N) is 2. The fraction of sp³-hybridized carbons (Fsp3) is 0.647. The summed E-state index contributed by atoms with van der Waals surface area (Å²) in [7, 11) is 0. The van der Waals surface area contributed by atoms with Crippen molar-refractivity contribution in [3.05, 3.63) is 30.1 Å². The summed E-state index contributed by atoms with van der Waals surface area (Å²) in [4.78, 5) is 18.2. The summed E-state index contributed by atoms with van der Waals surface area (Å²) in [6.07, 6.45) is 5.65. The Bertz CT molecular complexity index is 578. The van der Waals surface area contributed by atoms with Crippen LogP contribution in [0.4, 0.5) is 4.39 Å². The highest BCUT2D eigenvalue weighted by Gasteiger charge is 2.56. The Hall–Kier alpha value is -1.53. The summed E-state index contributed by atoms with van der Waals surface area (Å²) in [5, 5.41) is 0. The molecular weight excluding hydrogens is 299 g/mol. The summed E-state index contributed by atoms with van der Waals surface area (Å²) in [6, 6.07) is 3.74. The SMILES string of the molecule is O=C(N1CCO[C@H]2CC[C@H]1[C@H]2OCc1cccnc1)C1(F)CC1. The lowest BCUT2D eigenvalue weighted by atomic mass is 10.1. The third-order valence-electron chi connectivity index (χ3n) is 5.06. The van der Waals surface area contributed by atoms with E-state index in [1.165, 1.54) is 0 Å². The van der Waals surface area contributed by atoms with E-state index in [9.17, 15) is 9.18 Å². The van der Waals surface area contributed by atoms with Gasteiger partial charge in [0.1, 0.15) is 6.10 Å². The smallest absolute Gasteiger partial charge is 0.260 e. The van der Waals surface area contributed by atoms with Gasteiger partial charge in [0.15, 0.2) is 5.67 Å². The molecular formula is C17H21FN2O3. The number of alkyl halides is 1. The van der Waals surface area contributed by atoms with Gasteiger partial charge in [0, 0.05) is 18.9 Å². The second-order valence-corrected chi connectivity index (χ2v) is 6.65. The van der Waals surface area contributed by atoms with Crippen LogP contribution in [-0.4, -0.2) is 52.9 Å². The number of rotatable bonds is 4. The number of hydrogen-bond acceptors (Lipinski definition) is 4. The number of fused-ring (bicyclic) bond motifs is 2. The van der Waals surface area contributed by atoms with Crippen LogP contribution in [0.5, 0.6) is 0 Å². The lowest BCUT2D eigenvalue weighted by molar-refractivity contribution is -0.143. The van der Waals surface area contributed by atoms with Gasteiger partial charge in [0.05, 0.1) is 25.4 Å². The zero-order valence-electron chi connectivity index (χ0n) is 13.0. The first-order chi connectivity index (χ1) is 11.2. The van der Waals surface area contributed by atoms with Crippen molar-refractivity contribution in [1.82, 2.24) is 9.88 Å². The Morgan fingerprint density at radius 1 is 1.48 bits per heavy atom. The number of halogens is 1. The average molecular weight is 320 g/mol. The van der Waals surface area contributed by atoms with Gasteiger partial charge in [0.25, 0.3) is 5.91 Å². The summed E-state index contributed by atoms with van der Waals surface area (Å²) in [6.45, 7) is 1.34. The molecule has 0 unspecified atom stereocenters. The van der Waals surface area contributed by atoms with E-state index in [4.69, 9.17) is 9.47 Å². The van der Waals surface area contributed by atoms with Crippen molar-refractivity contribution < 1.29 is 18.7 Å². The number of hydrogen-bond donors (Lipinski definition) is 0. The Labute approximate surface area is 134 Å². The van der Waals surface area contributed by atoms with Crippen LogP contribution in [0.15, 0.2) is 24.5 Å². The van der Waals surface area contributed by atoms with E-state index in [0.717, 1.165) is 18.4 Å². The average Bonchev–Trinajstić information content (AvgIpc) is 3.22. The van der Waals surface area contributed by atoms with Gasteiger partial charge in [-0.3, -0.25) is 9.78 Å². The van der Waals surface area contributed by atoms with E-state index in [1.807, 2.05) is 12.1 Å². The van der Waals surface area contributed by atoms with E-state index in [0.29, 0.717) is 32.6 Å². The van der Waals surface area contributed by atoms with Gasteiger partial charge in [-0.05, 0) is 37.3 Å². The standard InChI is InChI=1S/C17H21FN2O3/c18-17(5-6-17)16(21)20-8-9-22-14-4-3-13(20)15(14)23-11-12-2-1-7-19-10-12/h1-2,7,10,13-15H,3-6,8-9,11H2/t13-,14-,15+/m0/s1. The first-order valence-corrected chi connectivity index (χ1v) is 8.29. The second kappa shape index (κ2) is 5.83. The Balaban J connectivity index is 1.48. The molecule has 6 heteroatoms. The number of amides is 1. The van der Waals surface area contributed by atoms with E-state index < -0.39 is 5.67 Å². The predicted molar refractivity (Wildman–Crippen MR) is 80.4 cm³/mol. The zero-order valence-corrected chi connectivity index (χ0v) is 13.0. The number of ether oxygens (including phenoxy) is 2. The highest BCUT2D eigenvalue weighted by Crippen LogP contribution is 2.43. The highest BCUT2D eigenvalue weighted by atomic mass is 19.1. The van der Waals surface area contributed by atoms with Gasteiger partial charge in [0.2, 0.25) is 0 Å². The molecule has 1 aliphatic heterocycles. The number of carbonyl (C=O) groups is 1. The van der Waals surface area contributed by atoms with E-state index in [-0.39, 0.29) is 24.2 Å². The van der Waals surface area contributed by atoms with Gasteiger partial charge in [-0.1, -0.05) is 6.07 Å². The van der Waals surface area contributed by atoms with Crippen LogP contribution in [0.3, 0.4) is 0 Å². The van der Waals surface area contributed by atoms with Crippen LogP contribution in [0.1, 0.15) is 31.2 Å². The molecule has 0 N–H and O–H groups in total. The molecule has 4 rings (SSSR count). The molecule has 3 aliphatic rings. The maximum atomic E-state index is 14.2. The van der Waals surface area contributed by atoms with E-state index in [2.05, 4.69) is 4.98 Å². The Kier molecular flexibility index (Phi) is 3.81. The minimum atomic E-state index is -1.63. The summed E-state index contributed by atoms with van der Waals surface area (Å²) in [5.41, 5.74) is -0.644. The molecule has 2 aliphatic carbocycles. The minimum Gasteiger partial charge on any atom is -0.374 e. The van der Waals surface area contributed by atoms with E-state index >= 15 is 0 Å². The van der Waals surface area contributed by atoms with Crippen molar-refractivity contribution in [2.24, 2.45) is 0 Å². The molecule has 1 aromatic heterocycles. The molecule has 2 bridgehead atoms. The van der Waals surface area contributed by atoms with E-state index in [1.54, 1.807) is 17.3 Å². The highest BCUT2D eigenvalue weighted by molar-refractivity contribution is 5.88. The summed E-state index contributed by atoms with van der Waals surface area (Å²) < 4.78 is 26.2. The van der Waals surface area contributed by atoms with Crippen molar-refractivity contribution >= 4 is 5.91 Å². The van der Waals surface area contributed by atoms with Crippen molar-refractivity contribution in [1.29, 1.82) is 0 Å². The van der Waals surface area contributed by atoms with Crippen LogP contribution in [0.25, 0.3) is 0 Å².